The van der Waals surface area contributed by atoms with Gasteiger partial charge in [0.1, 0.15) is 19.3 Å². The third-order valence-electron chi connectivity index (χ3n) is 20.5. The van der Waals surface area contributed by atoms with Crippen molar-refractivity contribution in [1.29, 1.82) is 0 Å². The maximum atomic E-state index is 13.2. The molecule has 0 radical (unpaired) electrons. The number of carbonyl (C=O) groups is 4. The number of aliphatic hydroxyl groups excluding tert-OH is 1. The van der Waals surface area contributed by atoms with Crippen LogP contribution in [0.3, 0.4) is 0 Å². The summed E-state index contributed by atoms with van der Waals surface area (Å²) in [5, 5.41) is 10.7. The Morgan fingerprint density at radius 1 is 0.255 bits per heavy atom. The molecule has 3 N–H and O–H groups in total. The van der Waals surface area contributed by atoms with Crippen LogP contribution < -0.4 is 0 Å². The second kappa shape index (κ2) is 79.7. The average molecular weight is 1550 g/mol. The highest BCUT2D eigenvalue weighted by Crippen LogP contribution is 2.45. The van der Waals surface area contributed by atoms with Crippen molar-refractivity contribution >= 4 is 39.5 Å². The highest BCUT2D eigenvalue weighted by Gasteiger charge is 2.30. The van der Waals surface area contributed by atoms with Crippen LogP contribution in [0.1, 0.15) is 471 Å². The number of phosphoric acid groups is 2. The summed E-state index contributed by atoms with van der Waals surface area (Å²) in [5.74, 6) is -1.30. The highest BCUT2D eigenvalue weighted by atomic mass is 31.2. The first-order valence-electron chi connectivity index (χ1n) is 45.1. The Kier molecular flexibility index (Phi) is 78.2. The maximum absolute atomic E-state index is 13.2. The van der Waals surface area contributed by atoms with Crippen molar-refractivity contribution in [1.82, 2.24) is 0 Å². The van der Waals surface area contributed by atoms with Gasteiger partial charge in [-0.15, -0.1) is 0 Å². The van der Waals surface area contributed by atoms with Crippen molar-refractivity contribution in [2.24, 2.45) is 5.92 Å². The van der Waals surface area contributed by atoms with E-state index < -0.39 is 97.5 Å². The van der Waals surface area contributed by atoms with Crippen LogP contribution in [0.25, 0.3) is 0 Å². The minimum Gasteiger partial charge on any atom is -0.462 e. The summed E-state index contributed by atoms with van der Waals surface area (Å²) in [6.07, 6.45) is 73.7. The van der Waals surface area contributed by atoms with E-state index in [9.17, 15) is 43.2 Å². The van der Waals surface area contributed by atoms with Crippen molar-refractivity contribution in [3.05, 3.63) is 0 Å². The van der Waals surface area contributed by atoms with Gasteiger partial charge in [0.15, 0.2) is 12.2 Å². The van der Waals surface area contributed by atoms with Gasteiger partial charge in [-0.25, -0.2) is 9.13 Å². The molecule has 0 spiro atoms. The van der Waals surface area contributed by atoms with Gasteiger partial charge in [-0.1, -0.05) is 420 Å². The van der Waals surface area contributed by atoms with Crippen LogP contribution in [-0.2, 0) is 65.4 Å². The summed E-state index contributed by atoms with van der Waals surface area (Å²) in [5.41, 5.74) is 0. The van der Waals surface area contributed by atoms with Gasteiger partial charge in [0.05, 0.1) is 26.4 Å². The molecule has 0 fully saturated rings. The first-order chi connectivity index (χ1) is 51.5. The number of hydrogen-bond donors (Lipinski definition) is 3. The predicted molar refractivity (Wildman–Crippen MR) is 437 cm³/mol. The first-order valence-corrected chi connectivity index (χ1v) is 48.1. The lowest BCUT2D eigenvalue weighted by Crippen LogP contribution is -2.30. The summed E-state index contributed by atoms with van der Waals surface area (Å²) < 4.78 is 68.9. The lowest BCUT2D eigenvalue weighted by Gasteiger charge is -2.21. The zero-order valence-electron chi connectivity index (χ0n) is 69.6. The number of carbonyl (C=O) groups excluding carboxylic acids is 4. The molecule has 0 amide bonds. The van der Waals surface area contributed by atoms with Crippen LogP contribution in [0.4, 0.5) is 0 Å². The molecule has 0 saturated carbocycles. The molecule has 0 bridgehead atoms. The van der Waals surface area contributed by atoms with E-state index in [1.165, 1.54) is 295 Å². The van der Waals surface area contributed by atoms with E-state index in [0.717, 1.165) is 95.8 Å². The van der Waals surface area contributed by atoms with Crippen LogP contribution in [-0.4, -0.2) is 96.7 Å². The zero-order chi connectivity index (χ0) is 77.6. The second-order valence-electron chi connectivity index (χ2n) is 31.8. The van der Waals surface area contributed by atoms with Crippen molar-refractivity contribution in [2.75, 3.05) is 39.6 Å². The number of ether oxygens (including phenoxy) is 4. The van der Waals surface area contributed by atoms with E-state index in [4.69, 9.17) is 37.0 Å². The molecular weight excluding hydrogens is 1380 g/mol. The molecule has 0 heterocycles. The average Bonchev–Trinajstić information content (AvgIpc) is 0.904. The third-order valence-corrected chi connectivity index (χ3v) is 22.4. The number of esters is 4. The summed E-state index contributed by atoms with van der Waals surface area (Å²) in [7, 11) is -9.93. The van der Waals surface area contributed by atoms with E-state index in [0.29, 0.717) is 25.7 Å². The Morgan fingerprint density at radius 3 is 0.642 bits per heavy atom. The summed E-state index contributed by atoms with van der Waals surface area (Å²) in [4.78, 5) is 73.2. The van der Waals surface area contributed by atoms with Crippen LogP contribution in [0.2, 0.25) is 0 Å². The quantitative estimate of drug-likeness (QED) is 0.0222. The molecular formula is C87H170O17P2. The molecule has 0 aliphatic carbocycles. The highest BCUT2D eigenvalue weighted by molar-refractivity contribution is 7.47. The molecule has 0 aromatic carbocycles. The van der Waals surface area contributed by atoms with Gasteiger partial charge < -0.3 is 33.8 Å². The Hall–Kier alpha value is -1.94. The number of phosphoric ester groups is 2. The van der Waals surface area contributed by atoms with Gasteiger partial charge in [0, 0.05) is 25.7 Å². The van der Waals surface area contributed by atoms with Crippen LogP contribution in [0.15, 0.2) is 0 Å². The summed E-state index contributed by atoms with van der Waals surface area (Å²) in [6, 6.07) is 0. The molecule has 0 saturated heterocycles. The first kappa shape index (κ1) is 104. The standard InChI is InChI=1S/C87H170O17P2/c1-6-9-12-15-18-21-23-25-27-29-31-33-35-37-42-46-51-56-61-66-71-85(90)98-77-83(104-87(92)72-67-62-57-52-47-43-38-36-34-32-30-28-26-24-22-19-16-13-10-7-2)79-102-106(95,96)100-75-81(88)74-99-105(93,94)101-78-82(76-97-84(89)70-65-60-55-49-20-17-14-11-8-3)103-86(91)73-68-63-58-53-48-44-40-39-41-45-50-54-59-64-69-80(4)5/h80-83,88H,6-79H2,1-5H3,(H,93,94)(H,95,96)/t81-,82+,83+/m0/s1. The van der Waals surface area contributed by atoms with Crippen molar-refractivity contribution in [3.8, 4) is 0 Å². The van der Waals surface area contributed by atoms with Gasteiger partial charge in [0.25, 0.3) is 0 Å². The maximum Gasteiger partial charge on any atom is 0.472 e. The zero-order valence-corrected chi connectivity index (χ0v) is 71.4. The molecule has 0 aromatic heterocycles. The Balaban J connectivity index is 5.20. The molecule has 0 aliphatic heterocycles. The topological polar surface area (TPSA) is 237 Å². The summed E-state index contributed by atoms with van der Waals surface area (Å²) in [6.45, 7) is 7.37. The smallest absolute Gasteiger partial charge is 0.462 e. The van der Waals surface area contributed by atoms with Crippen LogP contribution in [0, 0.1) is 5.92 Å². The van der Waals surface area contributed by atoms with Gasteiger partial charge in [-0.2, -0.15) is 0 Å². The summed E-state index contributed by atoms with van der Waals surface area (Å²) >= 11 is 0. The van der Waals surface area contributed by atoms with E-state index in [1.54, 1.807) is 0 Å². The minimum atomic E-state index is -4.97. The van der Waals surface area contributed by atoms with E-state index in [2.05, 4.69) is 34.6 Å². The van der Waals surface area contributed by atoms with Gasteiger partial charge in [-0.05, 0) is 31.6 Å². The Morgan fingerprint density at radius 2 is 0.434 bits per heavy atom. The van der Waals surface area contributed by atoms with Crippen molar-refractivity contribution in [3.63, 3.8) is 0 Å². The molecule has 17 nitrogen and oxygen atoms in total. The Bertz CT molecular complexity index is 2010. The fourth-order valence-corrected chi connectivity index (χ4v) is 15.2. The number of aliphatic hydroxyl groups is 1. The van der Waals surface area contributed by atoms with E-state index >= 15 is 0 Å². The molecule has 630 valence electrons. The number of unbranched alkanes of at least 4 members (excludes halogenated alkanes) is 59. The lowest BCUT2D eigenvalue weighted by atomic mass is 10.0. The lowest BCUT2D eigenvalue weighted by molar-refractivity contribution is -0.161. The Labute approximate surface area is 651 Å². The van der Waals surface area contributed by atoms with Crippen molar-refractivity contribution < 1.29 is 80.2 Å². The van der Waals surface area contributed by atoms with Crippen LogP contribution in [0.5, 0.6) is 0 Å². The van der Waals surface area contributed by atoms with Crippen LogP contribution >= 0.6 is 15.6 Å². The molecule has 0 aromatic rings. The molecule has 0 rings (SSSR count). The van der Waals surface area contributed by atoms with Crippen molar-refractivity contribution in [2.45, 2.75) is 490 Å². The van der Waals surface area contributed by atoms with Gasteiger partial charge in [-0.3, -0.25) is 37.3 Å². The monoisotopic (exact) mass is 1550 g/mol. The SMILES string of the molecule is CCCCCCCCCCCCCCCCCCCCCCC(=O)OC[C@H](COP(=O)(O)OC[C@@H](O)COP(=O)(O)OC[C@@H](COC(=O)CCCCCCCCCCC)OC(=O)CCCCCCCCCCCCCCCCC(C)C)OC(=O)CCCCCCCCCCCCCCCCCCCCCC. The van der Waals surface area contributed by atoms with E-state index in [-0.39, 0.29) is 25.7 Å². The van der Waals surface area contributed by atoms with Gasteiger partial charge in [0.2, 0.25) is 0 Å². The van der Waals surface area contributed by atoms with E-state index in [1.807, 2.05) is 0 Å². The fraction of sp³-hybridized carbons (Fsp3) is 0.954. The molecule has 19 heteroatoms. The number of hydrogen-bond acceptors (Lipinski definition) is 15. The molecule has 0 aliphatic rings. The molecule has 5 atom stereocenters. The number of rotatable bonds is 87. The molecule has 106 heavy (non-hydrogen) atoms. The largest absolute Gasteiger partial charge is 0.472 e. The third kappa shape index (κ3) is 80.1. The fourth-order valence-electron chi connectivity index (χ4n) is 13.6. The van der Waals surface area contributed by atoms with Gasteiger partial charge >= 0.3 is 39.5 Å². The minimum absolute atomic E-state index is 0.108. The molecule has 2 unspecified atom stereocenters. The normalized spacial score (nSPS) is 13.7. The predicted octanol–water partition coefficient (Wildman–Crippen LogP) is 26.8. The second-order valence-corrected chi connectivity index (χ2v) is 34.7.